The Morgan fingerprint density at radius 2 is 1.89 bits per heavy atom. The number of halogens is 4. The Morgan fingerprint density at radius 1 is 1.17 bits per heavy atom. The van der Waals surface area contributed by atoms with Crippen molar-refractivity contribution in [3.05, 3.63) is 52.3 Å². The van der Waals surface area contributed by atoms with Crippen LogP contribution in [0.15, 0.2) is 30.5 Å². The lowest BCUT2D eigenvalue weighted by Crippen LogP contribution is -2.43. The topological polar surface area (TPSA) is 98.8 Å². The van der Waals surface area contributed by atoms with Gasteiger partial charge in [0.15, 0.2) is 6.10 Å². The average molecular weight is 514 g/mol. The zero-order valence-corrected chi connectivity index (χ0v) is 19.5. The molecule has 1 spiro atoms. The first kappa shape index (κ1) is 25.1. The molecule has 2 aliphatic heterocycles. The number of hydrogen-bond acceptors (Lipinski definition) is 8. The third kappa shape index (κ3) is 5.62. The van der Waals surface area contributed by atoms with E-state index in [1.54, 1.807) is 18.2 Å². The fourth-order valence-electron chi connectivity index (χ4n) is 3.90. The second-order valence-corrected chi connectivity index (χ2v) is 8.62. The van der Waals surface area contributed by atoms with Gasteiger partial charge in [-0.2, -0.15) is 13.2 Å². The number of ether oxygens (including phenoxy) is 3. The standard InChI is InChI=1S/C23H23ClF3N3O5/c1-13(23(25,26)27)33-15-3-2-14(29-11-15)10-30-21-16-8-9-28-12-22(17(16)4-5-18(21)24)34-19(31)6-7-20(32)35-22/h2-5,11,13,28,30H,6-10,12H2,1H3. The third-order valence-electron chi connectivity index (χ3n) is 5.69. The SMILES string of the molecule is CC(Oc1ccc(CNc2c(Cl)ccc3c2CCNCC32OC(=O)CCC(=O)O2)nc1)C(F)(F)F. The number of carbonyl (C=O) groups excluding carboxylic acids is 2. The summed E-state index contributed by atoms with van der Waals surface area (Å²) < 4.78 is 54.2. The highest BCUT2D eigenvalue weighted by atomic mass is 35.5. The molecule has 3 heterocycles. The quantitative estimate of drug-likeness (QED) is 0.582. The van der Waals surface area contributed by atoms with Crippen LogP contribution in [0.2, 0.25) is 5.02 Å². The van der Waals surface area contributed by atoms with Crippen LogP contribution in [-0.2, 0) is 37.8 Å². The molecule has 35 heavy (non-hydrogen) atoms. The van der Waals surface area contributed by atoms with Gasteiger partial charge in [-0.05, 0) is 49.7 Å². The van der Waals surface area contributed by atoms with Crippen LogP contribution in [0, 0.1) is 0 Å². The first-order valence-corrected chi connectivity index (χ1v) is 11.3. The van der Waals surface area contributed by atoms with E-state index in [9.17, 15) is 22.8 Å². The fourth-order valence-corrected chi connectivity index (χ4v) is 4.14. The van der Waals surface area contributed by atoms with Gasteiger partial charge in [-0.3, -0.25) is 14.6 Å². The van der Waals surface area contributed by atoms with Gasteiger partial charge in [-0.25, -0.2) is 0 Å². The molecule has 1 saturated heterocycles. The number of alkyl halides is 3. The van der Waals surface area contributed by atoms with E-state index in [4.69, 9.17) is 25.8 Å². The maximum atomic E-state index is 12.7. The highest BCUT2D eigenvalue weighted by molar-refractivity contribution is 6.33. The lowest BCUT2D eigenvalue weighted by atomic mass is 9.96. The molecule has 0 saturated carbocycles. The van der Waals surface area contributed by atoms with Crippen LogP contribution >= 0.6 is 11.6 Å². The Bertz CT molecular complexity index is 1090. The third-order valence-corrected chi connectivity index (χ3v) is 6.01. The van der Waals surface area contributed by atoms with Gasteiger partial charge < -0.3 is 24.8 Å². The molecule has 12 heteroatoms. The van der Waals surface area contributed by atoms with E-state index in [2.05, 4.69) is 15.6 Å². The van der Waals surface area contributed by atoms with Crippen molar-refractivity contribution in [1.82, 2.24) is 10.3 Å². The number of anilines is 1. The van der Waals surface area contributed by atoms with Crippen molar-refractivity contribution in [2.75, 3.05) is 18.4 Å². The minimum atomic E-state index is -4.48. The molecule has 1 unspecified atom stereocenters. The summed E-state index contributed by atoms with van der Waals surface area (Å²) in [6.45, 7) is 1.73. The zero-order valence-electron chi connectivity index (χ0n) is 18.7. The summed E-state index contributed by atoms with van der Waals surface area (Å²) >= 11 is 6.48. The molecule has 188 valence electrons. The van der Waals surface area contributed by atoms with Gasteiger partial charge >= 0.3 is 18.1 Å². The lowest BCUT2D eigenvalue weighted by Gasteiger charge is -2.32. The fraction of sp³-hybridized carbons (Fsp3) is 0.435. The van der Waals surface area contributed by atoms with E-state index in [1.165, 1.54) is 12.3 Å². The molecule has 0 radical (unpaired) electrons. The number of esters is 2. The molecule has 2 N–H and O–H groups in total. The number of benzene rings is 1. The Morgan fingerprint density at radius 3 is 2.51 bits per heavy atom. The maximum absolute atomic E-state index is 12.7. The Hall–Kier alpha value is -3.05. The van der Waals surface area contributed by atoms with Crippen LogP contribution in [-0.4, -0.2) is 42.3 Å². The summed E-state index contributed by atoms with van der Waals surface area (Å²) in [5, 5.41) is 6.74. The van der Waals surface area contributed by atoms with Crippen LogP contribution in [0.1, 0.15) is 36.6 Å². The smallest absolute Gasteiger partial charge is 0.425 e. The van der Waals surface area contributed by atoms with Crippen LogP contribution in [0.5, 0.6) is 5.75 Å². The molecule has 4 rings (SSSR count). The summed E-state index contributed by atoms with van der Waals surface area (Å²) in [6, 6.07) is 6.24. The number of nitrogens with zero attached hydrogens (tertiary/aromatic N) is 1. The van der Waals surface area contributed by atoms with E-state index in [0.29, 0.717) is 40.5 Å². The summed E-state index contributed by atoms with van der Waals surface area (Å²) in [7, 11) is 0. The molecule has 2 aromatic rings. The first-order valence-electron chi connectivity index (χ1n) is 11.0. The molecule has 8 nitrogen and oxygen atoms in total. The molecular weight excluding hydrogens is 491 g/mol. The lowest BCUT2D eigenvalue weighted by molar-refractivity contribution is -0.225. The molecule has 1 atom stereocenters. The summed E-state index contributed by atoms with van der Waals surface area (Å²) in [5.41, 5.74) is 2.30. The molecular formula is C23H23ClF3N3O5. The number of aromatic nitrogens is 1. The minimum absolute atomic E-state index is 0.00445. The van der Waals surface area contributed by atoms with Gasteiger partial charge in [0.2, 0.25) is 0 Å². The molecule has 0 bridgehead atoms. The van der Waals surface area contributed by atoms with Crippen LogP contribution in [0.3, 0.4) is 0 Å². The van der Waals surface area contributed by atoms with Gasteiger partial charge in [-0.15, -0.1) is 0 Å². The Balaban J connectivity index is 1.57. The number of nitrogens with one attached hydrogen (secondary N) is 2. The normalized spacial score (nSPS) is 18.5. The monoisotopic (exact) mass is 513 g/mol. The Kier molecular flexibility index (Phi) is 7.09. The Labute approximate surface area is 204 Å². The van der Waals surface area contributed by atoms with Crippen LogP contribution < -0.4 is 15.4 Å². The molecule has 2 aliphatic rings. The van der Waals surface area contributed by atoms with Crippen molar-refractivity contribution < 1.29 is 37.0 Å². The van der Waals surface area contributed by atoms with Crippen molar-refractivity contribution in [2.24, 2.45) is 0 Å². The summed E-state index contributed by atoms with van der Waals surface area (Å²) in [6.07, 6.45) is -4.85. The van der Waals surface area contributed by atoms with Gasteiger partial charge in [0, 0.05) is 5.56 Å². The predicted octanol–water partition coefficient (Wildman–Crippen LogP) is 3.86. The van der Waals surface area contributed by atoms with E-state index in [1.807, 2.05) is 0 Å². The van der Waals surface area contributed by atoms with E-state index >= 15 is 0 Å². The second kappa shape index (κ2) is 9.90. The van der Waals surface area contributed by atoms with Crippen molar-refractivity contribution in [2.45, 2.75) is 50.8 Å². The average Bonchev–Trinajstić information content (AvgIpc) is 3.06. The molecule has 1 aromatic heterocycles. The van der Waals surface area contributed by atoms with Crippen LogP contribution in [0.25, 0.3) is 0 Å². The number of carbonyl (C=O) groups is 2. The predicted molar refractivity (Wildman–Crippen MR) is 119 cm³/mol. The van der Waals surface area contributed by atoms with Crippen molar-refractivity contribution in [3.63, 3.8) is 0 Å². The van der Waals surface area contributed by atoms with Gasteiger partial charge in [0.05, 0.1) is 48.5 Å². The molecule has 0 amide bonds. The number of fused-ring (bicyclic) bond motifs is 2. The van der Waals surface area contributed by atoms with E-state index in [0.717, 1.165) is 6.92 Å². The second-order valence-electron chi connectivity index (χ2n) is 8.22. The molecule has 0 aliphatic carbocycles. The maximum Gasteiger partial charge on any atom is 0.425 e. The van der Waals surface area contributed by atoms with Crippen molar-refractivity contribution >= 4 is 29.2 Å². The van der Waals surface area contributed by atoms with Gasteiger partial charge in [0.25, 0.3) is 5.79 Å². The highest BCUT2D eigenvalue weighted by Crippen LogP contribution is 2.40. The summed E-state index contributed by atoms with van der Waals surface area (Å²) in [4.78, 5) is 28.6. The van der Waals surface area contributed by atoms with Crippen molar-refractivity contribution in [1.29, 1.82) is 0 Å². The highest BCUT2D eigenvalue weighted by Gasteiger charge is 2.46. The van der Waals surface area contributed by atoms with Gasteiger partial charge in [0.1, 0.15) is 5.75 Å². The number of hydrogen-bond donors (Lipinski definition) is 2. The molecule has 1 aromatic carbocycles. The minimum Gasteiger partial charge on any atom is -0.480 e. The van der Waals surface area contributed by atoms with Gasteiger partial charge in [-0.1, -0.05) is 11.6 Å². The largest absolute Gasteiger partial charge is 0.480 e. The number of pyridine rings is 1. The number of rotatable bonds is 5. The molecule has 1 fully saturated rings. The summed E-state index contributed by atoms with van der Waals surface area (Å²) in [5.74, 6) is -2.69. The van der Waals surface area contributed by atoms with Crippen LogP contribution in [0.4, 0.5) is 18.9 Å². The van der Waals surface area contributed by atoms with Crippen molar-refractivity contribution in [3.8, 4) is 5.75 Å². The van der Waals surface area contributed by atoms with E-state index in [-0.39, 0.29) is 31.7 Å². The zero-order chi connectivity index (χ0) is 25.2. The van der Waals surface area contributed by atoms with E-state index < -0.39 is 30.0 Å². The first-order chi connectivity index (χ1) is 16.6.